The van der Waals surface area contributed by atoms with Crippen LogP contribution in [0.3, 0.4) is 0 Å². The number of rotatable bonds is 14. The summed E-state index contributed by atoms with van der Waals surface area (Å²) in [5.41, 5.74) is 19.4. The number of aromatic nitrogens is 8. The van der Waals surface area contributed by atoms with Crippen LogP contribution in [0.25, 0.3) is 22.1 Å². The number of anilines is 4. The maximum atomic E-state index is 13.0. The van der Waals surface area contributed by atoms with Crippen molar-refractivity contribution in [3.05, 3.63) is 41.7 Å². The van der Waals surface area contributed by atoms with Gasteiger partial charge in [0.2, 0.25) is 11.9 Å². The molecule has 0 aliphatic rings. The summed E-state index contributed by atoms with van der Waals surface area (Å²) in [6.45, 7) is -0.423. The average molecular weight is 643 g/mol. The Hall–Kier alpha value is -6.06. The van der Waals surface area contributed by atoms with Crippen LogP contribution in [0, 0.1) is 0 Å². The van der Waals surface area contributed by atoms with Gasteiger partial charge in [-0.05, 0) is 12.8 Å². The molecule has 0 aliphatic carbocycles. The Morgan fingerprint density at radius 2 is 1.33 bits per heavy atom. The quantitative estimate of drug-likeness (QED) is 0.0359. The van der Waals surface area contributed by atoms with Crippen LogP contribution in [-0.4, -0.2) is 101 Å². The highest BCUT2D eigenvalue weighted by atomic mass is 16.4. The van der Waals surface area contributed by atoms with Crippen LogP contribution in [0.2, 0.25) is 0 Å². The molecule has 22 nitrogen and oxygen atoms in total. The summed E-state index contributed by atoms with van der Waals surface area (Å²) in [4.78, 5) is 90.3. The number of nitrogens with one attached hydrogen (secondary N) is 4. The minimum absolute atomic E-state index is 0.0572. The van der Waals surface area contributed by atoms with Gasteiger partial charge in [-0.15, -0.1) is 0 Å². The monoisotopic (exact) mass is 642 g/mol. The van der Waals surface area contributed by atoms with Crippen LogP contribution >= 0.6 is 0 Å². The SMILES string of the molecule is CNc1nc2c(c(N)nc(=O)n2CCN(CCn2c(=O)nc(N)c3c(=O)[nH]c(NC)nc32)[C@@H](CCCN=C(N)N)C(=O)O)c(=O)[nH]1. The van der Waals surface area contributed by atoms with Gasteiger partial charge in [0.15, 0.2) is 17.3 Å². The van der Waals surface area contributed by atoms with Crippen LogP contribution in [-0.2, 0) is 17.9 Å². The van der Waals surface area contributed by atoms with E-state index in [2.05, 4.69) is 45.5 Å². The maximum absolute atomic E-state index is 13.0. The largest absolute Gasteiger partial charge is 0.480 e. The lowest BCUT2D eigenvalue weighted by atomic mass is 10.1. The minimum Gasteiger partial charge on any atom is -0.480 e. The summed E-state index contributed by atoms with van der Waals surface area (Å²) in [6, 6.07) is -1.16. The number of H-pyrrole nitrogens is 2. The van der Waals surface area contributed by atoms with Crippen molar-refractivity contribution < 1.29 is 9.90 Å². The number of guanidine groups is 1. The molecule has 4 heterocycles. The van der Waals surface area contributed by atoms with Gasteiger partial charge in [0.25, 0.3) is 11.1 Å². The predicted octanol–water partition coefficient (Wildman–Crippen LogP) is -3.97. The van der Waals surface area contributed by atoms with Gasteiger partial charge in [0.1, 0.15) is 28.5 Å². The fourth-order valence-electron chi connectivity index (χ4n) is 4.87. The van der Waals surface area contributed by atoms with E-state index in [0.717, 1.165) is 9.13 Å². The molecule has 0 spiro atoms. The second-order valence-electron chi connectivity index (χ2n) is 9.93. The highest BCUT2D eigenvalue weighted by Crippen LogP contribution is 2.16. The first-order chi connectivity index (χ1) is 21.9. The first-order valence-corrected chi connectivity index (χ1v) is 13.8. The summed E-state index contributed by atoms with van der Waals surface area (Å²) in [7, 11) is 3.02. The predicted molar refractivity (Wildman–Crippen MR) is 170 cm³/mol. The number of carboxylic acids is 1. The molecule has 0 unspecified atom stereocenters. The number of nitrogens with two attached hydrogens (primary N) is 4. The van der Waals surface area contributed by atoms with E-state index < -0.39 is 34.5 Å². The molecule has 0 aromatic carbocycles. The van der Waals surface area contributed by atoms with E-state index in [1.807, 2.05) is 0 Å². The zero-order valence-corrected chi connectivity index (χ0v) is 24.9. The van der Waals surface area contributed by atoms with E-state index in [1.165, 1.54) is 19.0 Å². The third-order valence-electron chi connectivity index (χ3n) is 7.07. The molecule has 22 heteroatoms. The maximum Gasteiger partial charge on any atom is 0.351 e. The molecule has 1 atom stereocenters. The highest BCUT2D eigenvalue weighted by molar-refractivity contribution is 5.85. The first kappa shape index (κ1) is 32.8. The van der Waals surface area contributed by atoms with Gasteiger partial charge >= 0.3 is 17.3 Å². The molecule has 0 saturated carbocycles. The molecule has 0 amide bonds. The lowest BCUT2D eigenvalue weighted by molar-refractivity contribution is -0.143. The fraction of sp³-hybridized carbons (Fsp3) is 0.417. The highest BCUT2D eigenvalue weighted by Gasteiger charge is 2.27. The van der Waals surface area contributed by atoms with E-state index >= 15 is 0 Å². The molecule has 0 fully saturated rings. The number of nitrogens with zero attached hydrogens (tertiary/aromatic N) is 8. The third kappa shape index (κ3) is 6.85. The number of hydrogen-bond acceptors (Lipinski definition) is 15. The van der Waals surface area contributed by atoms with Crippen LogP contribution < -0.4 is 56.1 Å². The summed E-state index contributed by atoms with van der Waals surface area (Å²) in [5.74, 6) is -1.89. The van der Waals surface area contributed by atoms with Gasteiger partial charge in [0, 0.05) is 46.8 Å². The summed E-state index contributed by atoms with van der Waals surface area (Å²) in [6.07, 6.45) is 0.343. The Labute approximate surface area is 257 Å². The first-order valence-electron chi connectivity index (χ1n) is 13.8. The number of fused-ring (bicyclic) bond motifs is 2. The Kier molecular flexibility index (Phi) is 9.79. The molecule has 0 aliphatic heterocycles. The second kappa shape index (κ2) is 13.7. The van der Waals surface area contributed by atoms with Gasteiger partial charge in [-0.25, -0.2) is 9.59 Å². The van der Waals surface area contributed by atoms with Gasteiger partial charge in [0.05, 0.1) is 0 Å². The van der Waals surface area contributed by atoms with Gasteiger partial charge in [-0.1, -0.05) is 0 Å². The molecule has 46 heavy (non-hydrogen) atoms. The number of hydrogen-bond donors (Lipinski definition) is 9. The lowest BCUT2D eigenvalue weighted by Crippen LogP contribution is -2.46. The number of aliphatic carboxylic acids is 1. The number of carbonyl (C=O) groups is 1. The van der Waals surface area contributed by atoms with Crippen molar-refractivity contribution >= 4 is 57.5 Å². The standard InChI is InChI=1S/C24H34N16O6/c1-29-21-34-15-11(17(41)36-21)13(25)32-23(45)39(15)8-6-38(10(19(43)44)4-3-5-31-20(27)28)7-9-40-16-12(14(26)33-24(40)46)18(42)37-22(30-2)35-16/h10H,3-9H2,1-2H3,(H,43,44)(H2,25,32,45)(H2,26,33,46)(H4,27,28,31)(H2,29,34,36,41)(H2,30,35,37,42)/t10-/m0/s1. The zero-order valence-electron chi connectivity index (χ0n) is 24.9. The minimum atomic E-state index is -1.20. The van der Waals surface area contributed by atoms with E-state index in [9.17, 15) is 29.1 Å². The molecular weight excluding hydrogens is 608 g/mol. The van der Waals surface area contributed by atoms with Crippen LogP contribution in [0.4, 0.5) is 23.5 Å². The van der Waals surface area contributed by atoms with Crippen molar-refractivity contribution in [3.8, 4) is 0 Å². The Morgan fingerprint density at radius 1 is 0.870 bits per heavy atom. The normalized spacial score (nSPS) is 12.0. The summed E-state index contributed by atoms with van der Waals surface area (Å²) < 4.78 is 2.19. The number of nitrogen functional groups attached to an aromatic ring is 2. The van der Waals surface area contributed by atoms with Crippen LogP contribution in [0.1, 0.15) is 12.8 Å². The molecular formula is C24H34N16O6. The van der Waals surface area contributed by atoms with E-state index in [4.69, 9.17) is 22.9 Å². The van der Waals surface area contributed by atoms with Gasteiger partial charge in [-0.2, -0.15) is 19.9 Å². The molecule has 4 aromatic rings. The van der Waals surface area contributed by atoms with E-state index in [-0.39, 0.29) is 97.1 Å². The Bertz CT molecular complexity index is 1920. The topological polar surface area (TPSA) is 342 Å². The average Bonchev–Trinajstić information content (AvgIpc) is 2.98. The van der Waals surface area contributed by atoms with Crippen LogP contribution in [0.15, 0.2) is 24.2 Å². The molecule has 13 N–H and O–H groups in total. The zero-order chi connectivity index (χ0) is 33.7. The molecule has 0 radical (unpaired) electrons. The fourth-order valence-corrected chi connectivity index (χ4v) is 4.87. The molecule has 0 saturated heterocycles. The van der Waals surface area contributed by atoms with Crippen molar-refractivity contribution in [2.75, 3.05) is 55.8 Å². The molecule has 0 bridgehead atoms. The van der Waals surface area contributed by atoms with Crippen molar-refractivity contribution in [1.29, 1.82) is 0 Å². The van der Waals surface area contributed by atoms with E-state index in [1.54, 1.807) is 0 Å². The van der Waals surface area contributed by atoms with Crippen LogP contribution in [0.5, 0.6) is 0 Å². The van der Waals surface area contributed by atoms with E-state index in [0.29, 0.717) is 0 Å². The number of carboxylic acid groups (broad SMARTS) is 1. The molecule has 4 rings (SSSR count). The second-order valence-corrected chi connectivity index (χ2v) is 9.93. The molecule has 4 aromatic heterocycles. The number of aromatic amines is 2. The van der Waals surface area contributed by atoms with Crippen molar-refractivity contribution in [2.24, 2.45) is 16.5 Å². The van der Waals surface area contributed by atoms with Gasteiger partial charge in [-0.3, -0.25) is 43.4 Å². The third-order valence-corrected chi connectivity index (χ3v) is 7.07. The molecule has 246 valence electrons. The number of aliphatic imine (C=N–C) groups is 1. The summed E-state index contributed by atoms with van der Waals surface area (Å²) in [5, 5.41) is 15.4. The summed E-state index contributed by atoms with van der Waals surface area (Å²) >= 11 is 0. The van der Waals surface area contributed by atoms with Crippen molar-refractivity contribution in [1.82, 2.24) is 43.9 Å². The Balaban J connectivity index is 1.76. The lowest BCUT2D eigenvalue weighted by Gasteiger charge is -2.29. The smallest absolute Gasteiger partial charge is 0.351 e. The van der Waals surface area contributed by atoms with Crippen molar-refractivity contribution in [3.63, 3.8) is 0 Å². The Morgan fingerprint density at radius 3 is 1.72 bits per heavy atom. The van der Waals surface area contributed by atoms with Crippen molar-refractivity contribution in [2.45, 2.75) is 32.0 Å². The van der Waals surface area contributed by atoms with Gasteiger partial charge < -0.3 is 38.7 Å².